The lowest BCUT2D eigenvalue weighted by Crippen LogP contribution is -2.51. The van der Waals surface area contributed by atoms with Gasteiger partial charge in [0.25, 0.3) is 5.89 Å². The normalized spacial score (nSPS) is 15.7. The van der Waals surface area contributed by atoms with E-state index in [4.69, 9.17) is 13.9 Å². The number of hydrogen-bond donors (Lipinski definition) is 1. The van der Waals surface area contributed by atoms with Gasteiger partial charge in [0.05, 0.1) is 25.2 Å². The molecule has 166 valence electrons. The largest absolute Gasteiger partial charge is 0.461 e. The first kappa shape index (κ1) is 21.4. The molecular formula is C21H21FN5O5+. The molecule has 32 heavy (non-hydrogen) atoms. The standard InChI is InChI=1S/C21H20FN5O5/c1-12-25-26-20(31-12)18-5-2-13(9-24-18)16-4-3-14(8-17(16)22)27-10-15(32-21(27)29)11-30-19(28)6-7-23/h2-5,8-9,15H,6-7,10-11,23H2,1H3/p+1/t15-/m1/s1. The van der Waals surface area contributed by atoms with Crippen LogP contribution in [0.15, 0.2) is 40.9 Å². The summed E-state index contributed by atoms with van der Waals surface area (Å²) in [7, 11) is 0. The number of quaternary nitrogens is 1. The number of aromatic nitrogens is 3. The van der Waals surface area contributed by atoms with E-state index in [1.807, 2.05) is 0 Å². The van der Waals surface area contributed by atoms with Crippen LogP contribution in [0.5, 0.6) is 0 Å². The van der Waals surface area contributed by atoms with Gasteiger partial charge in [0.15, 0.2) is 6.10 Å². The number of halogens is 1. The highest BCUT2D eigenvalue weighted by molar-refractivity contribution is 5.90. The van der Waals surface area contributed by atoms with Crippen LogP contribution in [0.25, 0.3) is 22.7 Å². The monoisotopic (exact) mass is 442 g/mol. The number of nitrogens with zero attached hydrogens (tertiary/aromatic N) is 4. The van der Waals surface area contributed by atoms with Gasteiger partial charge in [-0.15, -0.1) is 10.2 Å². The molecule has 4 rings (SSSR count). The van der Waals surface area contributed by atoms with Gasteiger partial charge in [0.2, 0.25) is 5.89 Å². The Labute approximate surface area is 182 Å². The zero-order valence-corrected chi connectivity index (χ0v) is 17.3. The first-order valence-corrected chi connectivity index (χ1v) is 9.94. The maximum absolute atomic E-state index is 14.9. The second kappa shape index (κ2) is 9.10. The summed E-state index contributed by atoms with van der Waals surface area (Å²) in [6.07, 6.45) is 0.453. The summed E-state index contributed by atoms with van der Waals surface area (Å²) in [5.41, 5.74) is 5.27. The summed E-state index contributed by atoms with van der Waals surface area (Å²) in [6, 6.07) is 7.79. The van der Waals surface area contributed by atoms with E-state index >= 15 is 0 Å². The average Bonchev–Trinajstić information content (AvgIpc) is 3.38. The lowest BCUT2D eigenvalue weighted by Gasteiger charge is -2.14. The molecular weight excluding hydrogens is 421 g/mol. The summed E-state index contributed by atoms with van der Waals surface area (Å²) >= 11 is 0. The zero-order chi connectivity index (χ0) is 22.7. The molecule has 2 aromatic heterocycles. The van der Waals surface area contributed by atoms with E-state index in [1.165, 1.54) is 17.2 Å². The Morgan fingerprint density at radius 3 is 2.81 bits per heavy atom. The molecule has 3 heterocycles. The molecule has 10 nitrogen and oxygen atoms in total. The highest BCUT2D eigenvalue weighted by Crippen LogP contribution is 2.29. The van der Waals surface area contributed by atoms with E-state index < -0.39 is 24.0 Å². The van der Waals surface area contributed by atoms with E-state index in [1.54, 1.807) is 31.2 Å². The van der Waals surface area contributed by atoms with Crippen molar-refractivity contribution in [1.82, 2.24) is 15.2 Å². The third-order valence-corrected chi connectivity index (χ3v) is 4.77. The van der Waals surface area contributed by atoms with Crippen LogP contribution in [-0.2, 0) is 14.3 Å². The molecule has 0 bridgehead atoms. The van der Waals surface area contributed by atoms with E-state index in [2.05, 4.69) is 20.9 Å². The van der Waals surface area contributed by atoms with Crippen LogP contribution >= 0.6 is 0 Å². The molecule has 11 heteroatoms. The van der Waals surface area contributed by atoms with Gasteiger partial charge < -0.3 is 19.6 Å². The Morgan fingerprint density at radius 2 is 2.16 bits per heavy atom. The molecule has 1 aromatic carbocycles. The fraction of sp³-hybridized carbons (Fsp3) is 0.286. The van der Waals surface area contributed by atoms with Crippen LogP contribution in [0.3, 0.4) is 0 Å². The summed E-state index contributed by atoms with van der Waals surface area (Å²) in [4.78, 5) is 29.2. The lowest BCUT2D eigenvalue weighted by atomic mass is 10.1. The van der Waals surface area contributed by atoms with E-state index in [-0.39, 0.29) is 25.5 Å². The molecule has 1 amide bonds. The Kier molecular flexibility index (Phi) is 6.08. The van der Waals surface area contributed by atoms with E-state index in [9.17, 15) is 14.0 Å². The molecule has 1 fully saturated rings. The zero-order valence-electron chi connectivity index (χ0n) is 17.3. The van der Waals surface area contributed by atoms with Gasteiger partial charge in [-0.05, 0) is 24.3 Å². The molecule has 1 aliphatic rings. The summed E-state index contributed by atoms with van der Waals surface area (Å²) in [5, 5.41) is 7.66. The number of amides is 1. The molecule has 3 aromatic rings. The van der Waals surface area contributed by atoms with Crippen LogP contribution < -0.4 is 10.6 Å². The third-order valence-electron chi connectivity index (χ3n) is 4.77. The molecule has 0 saturated carbocycles. The predicted molar refractivity (Wildman–Crippen MR) is 109 cm³/mol. The van der Waals surface area contributed by atoms with Crippen LogP contribution in [0.4, 0.5) is 14.9 Å². The van der Waals surface area contributed by atoms with Crippen LogP contribution in [-0.4, -0.2) is 53.0 Å². The Hall–Kier alpha value is -3.86. The minimum absolute atomic E-state index is 0.0563. The van der Waals surface area contributed by atoms with Crippen LogP contribution in [0.1, 0.15) is 12.3 Å². The molecule has 1 saturated heterocycles. The van der Waals surface area contributed by atoms with Crippen molar-refractivity contribution >= 4 is 17.7 Å². The number of anilines is 1. The number of carbonyl (C=O) groups excluding carboxylic acids is 2. The second-order valence-electron chi connectivity index (χ2n) is 7.13. The maximum Gasteiger partial charge on any atom is 0.414 e. The summed E-state index contributed by atoms with van der Waals surface area (Å²) in [5.74, 6) is -0.224. The molecule has 0 spiro atoms. The van der Waals surface area contributed by atoms with Gasteiger partial charge in [-0.1, -0.05) is 6.07 Å². The Bertz CT molecular complexity index is 1130. The van der Waals surface area contributed by atoms with Crippen molar-refractivity contribution in [3.8, 4) is 22.7 Å². The molecule has 3 N–H and O–H groups in total. The number of ether oxygens (including phenoxy) is 2. The van der Waals surface area contributed by atoms with Crippen molar-refractivity contribution < 1.29 is 33.6 Å². The highest BCUT2D eigenvalue weighted by atomic mass is 19.1. The first-order valence-electron chi connectivity index (χ1n) is 9.94. The smallest absolute Gasteiger partial charge is 0.414 e. The fourth-order valence-electron chi connectivity index (χ4n) is 3.21. The molecule has 0 aliphatic carbocycles. The van der Waals surface area contributed by atoms with Crippen molar-refractivity contribution in [2.45, 2.75) is 19.4 Å². The number of carbonyl (C=O) groups is 2. The second-order valence-corrected chi connectivity index (χ2v) is 7.13. The molecule has 1 atom stereocenters. The minimum Gasteiger partial charge on any atom is -0.461 e. The average molecular weight is 442 g/mol. The summed E-state index contributed by atoms with van der Waals surface area (Å²) in [6.45, 7) is 2.20. The van der Waals surface area contributed by atoms with Gasteiger partial charge in [0, 0.05) is 24.2 Å². The quantitative estimate of drug-likeness (QED) is 0.547. The lowest BCUT2D eigenvalue weighted by molar-refractivity contribution is -0.366. The van der Waals surface area contributed by atoms with Crippen molar-refractivity contribution in [1.29, 1.82) is 0 Å². The van der Waals surface area contributed by atoms with Crippen molar-refractivity contribution in [3.05, 3.63) is 48.2 Å². The van der Waals surface area contributed by atoms with Crippen molar-refractivity contribution in [2.24, 2.45) is 0 Å². The predicted octanol–water partition coefficient (Wildman–Crippen LogP) is 1.75. The maximum atomic E-state index is 14.9. The Balaban J connectivity index is 1.45. The number of esters is 1. The van der Waals surface area contributed by atoms with Crippen LogP contribution in [0, 0.1) is 12.7 Å². The molecule has 1 aliphatic heterocycles. The fourth-order valence-corrected chi connectivity index (χ4v) is 3.21. The van der Waals surface area contributed by atoms with Crippen molar-refractivity contribution in [3.63, 3.8) is 0 Å². The molecule has 0 radical (unpaired) electrons. The van der Waals surface area contributed by atoms with Gasteiger partial charge >= 0.3 is 12.1 Å². The SMILES string of the molecule is Cc1nnc(-c2ccc(-c3ccc(N4C[C@H](COC(=O)CC[NH3+])OC4=O)cc3F)cn2)o1. The van der Waals surface area contributed by atoms with Crippen LogP contribution in [0.2, 0.25) is 0 Å². The number of benzene rings is 1. The molecule has 0 unspecified atom stereocenters. The van der Waals surface area contributed by atoms with Crippen molar-refractivity contribution in [2.75, 3.05) is 24.6 Å². The number of pyridine rings is 1. The third kappa shape index (κ3) is 4.57. The van der Waals surface area contributed by atoms with Gasteiger partial charge in [-0.3, -0.25) is 14.7 Å². The van der Waals surface area contributed by atoms with Gasteiger partial charge in [-0.2, -0.15) is 0 Å². The number of rotatable bonds is 7. The summed E-state index contributed by atoms with van der Waals surface area (Å²) < 4.78 is 30.5. The van der Waals surface area contributed by atoms with Gasteiger partial charge in [0.1, 0.15) is 18.1 Å². The first-order chi connectivity index (χ1) is 15.4. The number of aryl methyl sites for hydroxylation is 1. The topological polar surface area (TPSA) is 135 Å². The Morgan fingerprint density at radius 1 is 1.31 bits per heavy atom. The van der Waals surface area contributed by atoms with E-state index in [0.717, 1.165) is 0 Å². The number of hydrogen-bond acceptors (Lipinski definition) is 8. The van der Waals surface area contributed by atoms with E-state index in [0.29, 0.717) is 34.9 Å². The number of cyclic esters (lactones) is 1. The minimum atomic E-state index is -0.628. The highest BCUT2D eigenvalue weighted by Gasteiger charge is 2.33. The van der Waals surface area contributed by atoms with Gasteiger partial charge in [-0.25, -0.2) is 9.18 Å².